The molecule has 0 atom stereocenters. The SMILES string of the molecule is CN1CCC(n2cc(Nc3cccn4ccnc34)cn2)CC1. The summed E-state index contributed by atoms with van der Waals surface area (Å²) >= 11 is 0. The van der Waals surface area contributed by atoms with E-state index in [1.54, 1.807) is 0 Å². The second-order valence-electron chi connectivity index (χ2n) is 5.95. The molecular weight excluding hydrogens is 276 g/mol. The van der Waals surface area contributed by atoms with Crippen molar-refractivity contribution in [1.29, 1.82) is 0 Å². The molecule has 0 aromatic carbocycles. The fraction of sp³-hybridized carbons (Fsp3) is 0.375. The van der Waals surface area contributed by atoms with Crippen molar-refractivity contribution in [2.75, 3.05) is 25.5 Å². The monoisotopic (exact) mass is 296 g/mol. The molecule has 1 saturated heterocycles. The second kappa shape index (κ2) is 5.46. The van der Waals surface area contributed by atoms with Crippen molar-refractivity contribution in [3.8, 4) is 0 Å². The Hall–Kier alpha value is -2.34. The molecule has 6 nitrogen and oxygen atoms in total. The van der Waals surface area contributed by atoms with Gasteiger partial charge in [-0.15, -0.1) is 0 Å². The molecule has 0 radical (unpaired) electrons. The Bertz CT molecular complexity index is 766. The highest BCUT2D eigenvalue weighted by Gasteiger charge is 2.19. The first-order chi connectivity index (χ1) is 10.8. The van der Waals surface area contributed by atoms with Crippen molar-refractivity contribution < 1.29 is 0 Å². The highest BCUT2D eigenvalue weighted by molar-refractivity contribution is 5.73. The summed E-state index contributed by atoms with van der Waals surface area (Å²) in [5, 5.41) is 7.96. The van der Waals surface area contributed by atoms with Crippen LogP contribution in [0, 0.1) is 0 Å². The average molecular weight is 296 g/mol. The fourth-order valence-electron chi connectivity index (χ4n) is 3.06. The number of aromatic nitrogens is 4. The molecule has 22 heavy (non-hydrogen) atoms. The van der Waals surface area contributed by atoms with E-state index in [-0.39, 0.29) is 0 Å². The van der Waals surface area contributed by atoms with E-state index in [1.165, 1.54) is 0 Å². The molecule has 1 aliphatic heterocycles. The molecule has 1 N–H and O–H groups in total. The predicted molar refractivity (Wildman–Crippen MR) is 86.5 cm³/mol. The summed E-state index contributed by atoms with van der Waals surface area (Å²) in [6, 6.07) is 4.56. The van der Waals surface area contributed by atoms with Crippen molar-refractivity contribution in [2.45, 2.75) is 18.9 Å². The molecule has 0 aliphatic carbocycles. The summed E-state index contributed by atoms with van der Waals surface area (Å²) in [6.45, 7) is 2.28. The maximum absolute atomic E-state index is 4.54. The van der Waals surface area contributed by atoms with Crippen LogP contribution in [0.15, 0.2) is 43.1 Å². The molecule has 0 amide bonds. The Balaban J connectivity index is 1.53. The van der Waals surface area contributed by atoms with E-state index in [0.717, 1.165) is 43.0 Å². The molecule has 0 saturated carbocycles. The number of imidazole rings is 1. The number of anilines is 2. The molecule has 4 rings (SSSR count). The lowest BCUT2D eigenvalue weighted by Gasteiger charge is -2.28. The number of rotatable bonds is 3. The number of likely N-dealkylation sites (tertiary alicyclic amines) is 1. The van der Waals surface area contributed by atoms with Crippen LogP contribution in [0.1, 0.15) is 18.9 Å². The maximum atomic E-state index is 4.54. The van der Waals surface area contributed by atoms with Gasteiger partial charge in [0.05, 0.1) is 23.6 Å². The first-order valence-corrected chi connectivity index (χ1v) is 7.71. The molecule has 3 aromatic rings. The van der Waals surface area contributed by atoms with Crippen LogP contribution in [0.5, 0.6) is 0 Å². The molecule has 0 spiro atoms. The standard InChI is InChI=1S/C16H20N6/c1-20-8-4-14(5-9-20)22-12-13(11-18-22)19-15-3-2-7-21-10-6-17-16(15)21/h2-3,6-7,10-12,14,19H,4-5,8-9H2,1H3. The first-order valence-electron chi connectivity index (χ1n) is 7.71. The van der Waals surface area contributed by atoms with Gasteiger partial charge < -0.3 is 14.6 Å². The number of hydrogen-bond acceptors (Lipinski definition) is 4. The molecule has 6 heteroatoms. The molecule has 4 heterocycles. The van der Waals surface area contributed by atoms with Gasteiger partial charge in [-0.05, 0) is 45.1 Å². The van der Waals surface area contributed by atoms with E-state index in [1.807, 2.05) is 41.3 Å². The van der Waals surface area contributed by atoms with E-state index in [4.69, 9.17) is 0 Å². The number of pyridine rings is 1. The Kier molecular flexibility index (Phi) is 3.31. The third-order valence-electron chi connectivity index (χ3n) is 4.36. The number of piperidine rings is 1. The van der Waals surface area contributed by atoms with E-state index >= 15 is 0 Å². The zero-order chi connectivity index (χ0) is 14.9. The first kappa shape index (κ1) is 13.3. The zero-order valence-electron chi connectivity index (χ0n) is 12.7. The van der Waals surface area contributed by atoms with Gasteiger partial charge in [0.2, 0.25) is 0 Å². The van der Waals surface area contributed by atoms with Crippen LogP contribution >= 0.6 is 0 Å². The minimum Gasteiger partial charge on any atom is -0.350 e. The van der Waals surface area contributed by atoms with Gasteiger partial charge >= 0.3 is 0 Å². The molecule has 1 aliphatic rings. The number of fused-ring (bicyclic) bond motifs is 1. The van der Waals surface area contributed by atoms with Gasteiger partial charge in [-0.25, -0.2) is 4.98 Å². The van der Waals surface area contributed by atoms with Crippen molar-refractivity contribution in [1.82, 2.24) is 24.1 Å². The van der Waals surface area contributed by atoms with Gasteiger partial charge in [-0.3, -0.25) is 4.68 Å². The number of hydrogen-bond donors (Lipinski definition) is 1. The normalized spacial score (nSPS) is 17.1. The van der Waals surface area contributed by atoms with Gasteiger partial charge in [-0.1, -0.05) is 0 Å². The second-order valence-corrected chi connectivity index (χ2v) is 5.95. The quantitative estimate of drug-likeness (QED) is 0.807. The minimum absolute atomic E-state index is 0.508. The van der Waals surface area contributed by atoms with Crippen LogP contribution in [0.25, 0.3) is 5.65 Å². The Labute approximate surface area is 129 Å². The minimum atomic E-state index is 0.508. The Morgan fingerprint density at radius 2 is 2.09 bits per heavy atom. The molecule has 114 valence electrons. The van der Waals surface area contributed by atoms with Crippen LogP contribution in [0.3, 0.4) is 0 Å². The number of nitrogens with one attached hydrogen (secondary N) is 1. The lowest BCUT2D eigenvalue weighted by atomic mass is 10.1. The number of nitrogens with zero attached hydrogens (tertiary/aromatic N) is 5. The highest BCUT2D eigenvalue weighted by atomic mass is 15.3. The van der Waals surface area contributed by atoms with Crippen molar-refractivity contribution >= 4 is 17.0 Å². The summed E-state index contributed by atoms with van der Waals surface area (Å²) in [7, 11) is 2.18. The third-order valence-corrected chi connectivity index (χ3v) is 4.36. The van der Waals surface area contributed by atoms with Gasteiger partial charge in [0, 0.05) is 24.8 Å². The Morgan fingerprint density at radius 1 is 1.23 bits per heavy atom. The molecule has 0 unspecified atom stereocenters. The lowest BCUT2D eigenvalue weighted by Crippen LogP contribution is -2.31. The smallest absolute Gasteiger partial charge is 0.160 e. The van der Waals surface area contributed by atoms with E-state index in [9.17, 15) is 0 Å². The van der Waals surface area contributed by atoms with Crippen molar-refractivity contribution in [2.24, 2.45) is 0 Å². The zero-order valence-corrected chi connectivity index (χ0v) is 12.7. The summed E-state index contributed by atoms with van der Waals surface area (Å²) in [5.41, 5.74) is 2.93. The van der Waals surface area contributed by atoms with Crippen molar-refractivity contribution in [3.05, 3.63) is 43.1 Å². The molecule has 3 aromatic heterocycles. The van der Waals surface area contributed by atoms with Gasteiger partial charge in [-0.2, -0.15) is 5.10 Å². The van der Waals surface area contributed by atoms with E-state index < -0.39 is 0 Å². The van der Waals surface area contributed by atoms with Crippen LogP contribution in [-0.4, -0.2) is 44.2 Å². The van der Waals surface area contributed by atoms with Crippen molar-refractivity contribution in [3.63, 3.8) is 0 Å². The summed E-state index contributed by atoms with van der Waals surface area (Å²) < 4.78 is 4.10. The van der Waals surface area contributed by atoms with E-state index in [0.29, 0.717) is 6.04 Å². The van der Waals surface area contributed by atoms with Gasteiger partial charge in [0.15, 0.2) is 5.65 Å². The highest BCUT2D eigenvalue weighted by Crippen LogP contribution is 2.24. The fourth-order valence-corrected chi connectivity index (χ4v) is 3.06. The summed E-state index contributed by atoms with van der Waals surface area (Å²) in [4.78, 5) is 6.76. The topological polar surface area (TPSA) is 50.4 Å². The predicted octanol–water partition coefficient (Wildman–Crippen LogP) is 2.54. The molecular formula is C16H20N6. The van der Waals surface area contributed by atoms with Crippen LogP contribution < -0.4 is 5.32 Å². The van der Waals surface area contributed by atoms with E-state index in [2.05, 4.69) is 38.2 Å². The van der Waals surface area contributed by atoms with Crippen LogP contribution in [0.4, 0.5) is 11.4 Å². The average Bonchev–Trinajstić information content (AvgIpc) is 3.17. The molecule has 0 bridgehead atoms. The lowest BCUT2D eigenvalue weighted by molar-refractivity contribution is 0.212. The van der Waals surface area contributed by atoms with Crippen LogP contribution in [0.2, 0.25) is 0 Å². The van der Waals surface area contributed by atoms with Gasteiger partial charge in [0.1, 0.15) is 0 Å². The molecule has 1 fully saturated rings. The largest absolute Gasteiger partial charge is 0.350 e. The summed E-state index contributed by atoms with van der Waals surface area (Å²) in [6.07, 6.45) is 12.1. The maximum Gasteiger partial charge on any atom is 0.160 e. The Morgan fingerprint density at radius 3 is 2.95 bits per heavy atom. The third kappa shape index (κ3) is 2.46. The van der Waals surface area contributed by atoms with Gasteiger partial charge in [0.25, 0.3) is 0 Å². The van der Waals surface area contributed by atoms with Crippen LogP contribution in [-0.2, 0) is 0 Å². The summed E-state index contributed by atoms with van der Waals surface area (Å²) in [5.74, 6) is 0.